The number of nitrogens with one attached hydrogen (secondary N) is 2. The maximum absolute atomic E-state index is 6.21. The quantitative estimate of drug-likeness (QED) is 0.232. The molecule has 5 heteroatoms. The first-order chi connectivity index (χ1) is 17.2. The number of hydrogen-bond donors (Lipinski definition) is 2. The van der Waals surface area contributed by atoms with Crippen molar-refractivity contribution in [3.63, 3.8) is 0 Å². The molecule has 3 aromatic rings. The van der Waals surface area contributed by atoms with E-state index in [-0.39, 0.29) is 0 Å². The second-order valence-corrected chi connectivity index (χ2v) is 9.36. The fraction of sp³-hybridized carbons (Fsp3) is 0.333. The lowest BCUT2D eigenvalue weighted by molar-refractivity contribution is 0.268. The van der Waals surface area contributed by atoms with Crippen LogP contribution >= 0.6 is 0 Å². The smallest absolute Gasteiger partial charge is 0.147 e. The van der Waals surface area contributed by atoms with E-state index >= 15 is 0 Å². The van der Waals surface area contributed by atoms with Gasteiger partial charge in [0.2, 0.25) is 0 Å². The van der Waals surface area contributed by atoms with Crippen LogP contribution in [-0.2, 0) is 4.74 Å². The van der Waals surface area contributed by atoms with Gasteiger partial charge in [-0.2, -0.15) is 0 Å². The van der Waals surface area contributed by atoms with Crippen molar-refractivity contribution < 1.29 is 4.74 Å². The van der Waals surface area contributed by atoms with Crippen molar-refractivity contribution in [2.75, 3.05) is 6.61 Å². The molecule has 3 aromatic heterocycles. The van der Waals surface area contributed by atoms with E-state index in [9.17, 15) is 0 Å². The molecule has 0 radical (unpaired) electrons. The molecule has 5 nitrogen and oxygen atoms in total. The van der Waals surface area contributed by atoms with Gasteiger partial charge in [-0.1, -0.05) is 51.9 Å². The summed E-state index contributed by atoms with van der Waals surface area (Å²) in [6.07, 6.45) is 16.4. The lowest BCUT2D eigenvalue weighted by atomic mass is 10.1. The minimum Gasteiger partial charge on any atom is -0.491 e. The van der Waals surface area contributed by atoms with Crippen molar-refractivity contribution in [2.24, 2.45) is 0 Å². The van der Waals surface area contributed by atoms with Gasteiger partial charge in [0.15, 0.2) is 0 Å². The minimum absolute atomic E-state index is 0.713. The highest BCUT2D eigenvalue weighted by Crippen LogP contribution is 2.25. The highest BCUT2D eigenvalue weighted by Gasteiger charge is 2.13. The molecule has 0 atom stereocenters. The molecule has 8 bridgehead atoms. The summed E-state index contributed by atoms with van der Waals surface area (Å²) in [6.45, 7) is 2.98. The lowest BCUT2D eigenvalue weighted by Gasteiger charge is -2.06. The van der Waals surface area contributed by atoms with E-state index in [0.717, 1.165) is 57.0 Å². The molecule has 180 valence electrons. The predicted molar refractivity (Wildman–Crippen MR) is 146 cm³/mol. The number of aromatic amines is 2. The third-order valence-electron chi connectivity index (χ3n) is 6.38. The monoisotopic (exact) mass is 466 g/mol. The van der Waals surface area contributed by atoms with Crippen LogP contribution in [0.4, 0.5) is 0 Å². The molecule has 0 aliphatic carbocycles. The van der Waals surface area contributed by atoms with Crippen LogP contribution < -0.4 is 0 Å². The molecule has 0 fully saturated rings. The predicted octanol–water partition coefficient (Wildman–Crippen LogP) is 8.14. The number of ether oxygens (including phenoxy) is 1. The maximum Gasteiger partial charge on any atom is 0.147 e. The minimum atomic E-state index is 0.713. The number of rotatable bonds is 10. The zero-order valence-corrected chi connectivity index (χ0v) is 20.5. The molecule has 2 aliphatic rings. The standard InChI is InChI=1S/C30H34N4O/c1-2-3-4-5-6-7-8-9-16-35-30-21-28-19-26-13-12-24(32-26)17-22-10-11-23(31-22)18-25-14-15-27(33-25)20-29(30)34-28/h10-15,17-21,31-32H,2-9,16H2,1H3. The number of nitrogens with zero attached hydrogens (tertiary/aromatic N) is 2. The summed E-state index contributed by atoms with van der Waals surface area (Å²) in [4.78, 5) is 16.5. The Morgan fingerprint density at radius 1 is 0.629 bits per heavy atom. The van der Waals surface area contributed by atoms with Crippen LogP contribution in [0.1, 0.15) is 81.1 Å². The van der Waals surface area contributed by atoms with Gasteiger partial charge in [-0.25, -0.2) is 9.97 Å². The van der Waals surface area contributed by atoms with E-state index in [0.29, 0.717) is 6.61 Å². The van der Waals surface area contributed by atoms with Gasteiger partial charge in [0.05, 0.1) is 23.7 Å². The Kier molecular flexibility index (Phi) is 7.42. The average molecular weight is 467 g/mol. The van der Waals surface area contributed by atoms with Crippen molar-refractivity contribution >= 4 is 46.1 Å². The number of hydrogen-bond acceptors (Lipinski definition) is 3. The first-order valence-corrected chi connectivity index (χ1v) is 13.0. The Balaban J connectivity index is 1.37. The van der Waals surface area contributed by atoms with E-state index < -0.39 is 0 Å². The van der Waals surface area contributed by atoms with E-state index in [1.165, 1.54) is 44.9 Å². The normalized spacial score (nSPS) is 12.7. The third kappa shape index (κ3) is 6.30. The second-order valence-electron chi connectivity index (χ2n) is 9.36. The summed E-state index contributed by atoms with van der Waals surface area (Å²) in [7, 11) is 0. The van der Waals surface area contributed by atoms with Crippen molar-refractivity contribution in [3.8, 4) is 0 Å². The molecule has 2 N–H and O–H groups in total. The van der Waals surface area contributed by atoms with Crippen molar-refractivity contribution in [2.45, 2.75) is 58.3 Å². The first kappa shape index (κ1) is 23.2. The molecule has 0 spiro atoms. The fourth-order valence-corrected chi connectivity index (χ4v) is 4.52. The van der Waals surface area contributed by atoms with Crippen LogP contribution in [0.5, 0.6) is 0 Å². The third-order valence-corrected chi connectivity index (χ3v) is 6.38. The fourth-order valence-electron chi connectivity index (χ4n) is 4.52. The van der Waals surface area contributed by atoms with E-state index in [4.69, 9.17) is 14.7 Å². The van der Waals surface area contributed by atoms with Gasteiger partial charge in [-0.15, -0.1) is 0 Å². The highest BCUT2D eigenvalue weighted by atomic mass is 16.5. The largest absolute Gasteiger partial charge is 0.491 e. The van der Waals surface area contributed by atoms with Crippen molar-refractivity contribution in [3.05, 3.63) is 71.3 Å². The summed E-state index contributed by atoms with van der Waals surface area (Å²) < 4.78 is 6.21. The van der Waals surface area contributed by atoms with Gasteiger partial charge < -0.3 is 14.7 Å². The molecule has 35 heavy (non-hydrogen) atoms. The Labute approximate surface area is 207 Å². The van der Waals surface area contributed by atoms with Crippen LogP contribution in [0.3, 0.4) is 0 Å². The molecule has 0 saturated carbocycles. The second kappa shape index (κ2) is 11.2. The maximum atomic E-state index is 6.21. The van der Waals surface area contributed by atoms with E-state index in [1.807, 2.05) is 24.3 Å². The van der Waals surface area contributed by atoms with Crippen LogP contribution in [0.25, 0.3) is 46.1 Å². The van der Waals surface area contributed by atoms with Crippen LogP contribution in [0.2, 0.25) is 0 Å². The number of H-pyrrole nitrogens is 2. The molecular weight excluding hydrogens is 432 g/mol. The van der Waals surface area contributed by atoms with Gasteiger partial charge in [0.25, 0.3) is 0 Å². The van der Waals surface area contributed by atoms with Crippen LogP contribution in [-0.4, -0.2) is 26.5 Å². The van der Waals surface area contributed by atoms with Gasteiger partial charge in [0.1, 0.15) is 11.5 Å². The zero-order valence-electron chi connectivity index (χ0n) is 20.5. The molecule has 2 aliphatic heterocycles. The lowest BCUT2D eigenvalue weighted by Crippen LogP contribution is -1.94. The molecule has 5 rings (SSSR count). The summed E-state index contributed by atoms with van der Waals surface area (Å²) in [5.41, 5.74) is 7.61. The zero-order chi connectivity index (χ0) is 23.9. The Hall–Kier alpha value is -3.60. The van der Waals surface area contributed by atoms with E-state index in [1.54, 1.807) is 0 Å². The van der Waals surface area contributed by atoms with E-state index in [2.05, 4.69) is 59.4 Å². The van der Waals surface area contributed by atoms with Crippen LogP contribution in [0, 0.1) is 0 Å². The number of fused-ring (bicyclic) bond motifs is 8. The summed E-state index contributed by atoms with van der Waals surface area (Å²) in [5.74, 6) is 0.823. The topological polar surface area (TPSA) is 66.6 Å². The Morgan fingerprint density at radius 3 is 1.89 bits per heavy atom. The SMILES string of the molecule is CCCCCCCCCCOC1=Cc2cc3ccc(cc4ccc(cc5nc(cc1n2)C=C5)[nH]4)[nH]3. The first-order valence-electron chi connectivity index (χ1n) is 13.0. The Morgan fingerprint density at radius 2 is 1.20 bits per heavy atom. The molecule has 0 aromatic carbocycles. The van der Waals surface area contributed by atoms with Gasteiger partial charge in [-0.05, 0) is 67.1 Å². The van der Waals surface area contributed by atoms with Gasteiger partial charge in [0, 0.05) is 28.1 Å². The van der Waals surface area contributed by atoms with Crippen molar-refractivity contribution in [1.29, 1.82) is 0 Å². The number of unbranched alkanes of at least 4 members (excludes halogenated alkanes) is 7. The number of aromatic nitrogens is 4. The van der Waals surface area contributed by atoms with Crippen molar-refractivity contribution in [1.82, 2.24) is 19.9 Å². The van der Waals surface area contributed by atoms with Gasteiger partial charge in [-0.3, -0.25) is 0 Å². The Bertz CT molecular complexity index is 1380. The molecule has 0 unspecified atom stereocenters. The summed E-state index contributed by atoms with van der Waals surface area (Å²) >= 11 is 0. The average Bonchev–Trinajstić information content (AvgIpc) is 3.64. The highest BCUT2D eigenvalue weighted by molar-refractivity contribution is 5.81. The summed E-state index contributed by atoms with van der Waals surface area (Å²) in [5, 5.41) is 0. The van der Waals surface area contributed by atoms with Crippen LogP contribution in [0.15, 0.2) is 48.5 Å². The molecular formula is C30H34N4O. The molecule has 0 amide bonds. The summed E-state index contributed by atoms with van der Waals surface area (Å²) in [6, 6.07) is 16.5. The molecule has 0 saturated heterocycles. The van der Waals surface area contributed by atoms with Gasteiger partial charge >= 0.3 is 0 Å². The molecule has 5 heterocycles.